The molecule has 1 unspecified atom stereocenters. The maximum Gasteiger partial charge on any atom is 0.0708 e. The van der Waals surface area contributed by atoms with E-state index in [0.29, 0.717) is 6.04 Å². The van der Waals surface area contributed by atoms with E-state index in [1.54, 1.807) is 7.11 Å². The summed E-state index contributed by atoms with van der Waals surface area (Å²) in [5.41, 5.74) is 3.42. The summed E-state index contributed by atoms with van der Waals surface area (Å²) in [6.07, 6.45) is 0. The third kappa shape index (κ3) is 3.06. The van der Waals surface area contributed by atoms with Crippen LogP contribution in [0.4, 0.5) is 0 Å². The Morgan fingerprint density at radius 2 is 2.11 bits per heavy atom. The lowest BCUT2D eigenvalue weighted by atomic mass is 10.1. The number of fused-ring (bicyclic) bond motifs is 1. The predicted molar refractivity (Wildman–Crippen MR) is 74.7 cm³/mol. The molecule has 0 saturated heterocycles. The molecule has 0 aliphatic heterocycles. The number of aromatic nitrogens is 1. The van der Waals surface area contributed by atoms with E-state index >= 15 is 0 Å². The van der Waals surface area contributed by atoms with Gasteiger partial charge in [0.15, 0.2) is 0 Å². The van der Waals surface area contributed by atoms with Crippen molar-refractivity contribution in [2.75, 3.05) is 13.7 Å². The maximum atomic E-state index is 5.13. The average Bonchev–Trinajstić information content (AvgIpc) is 2.36. The van der Waals surface area contributed by atoms with Crippen LogP contribution in [0.2, 0.25) is 0 Å². The Hall–Kier alpha value is -1.45. The first-order valence-corrected chi connectivity index (χ1v) is 6.28. The Balaban J connectivity index is 2.21. The predicted octanol–water partition coefficient (Wildman–Crippen LogP) is 2.67. The van der Waals surface area contributed by atoms with Gasteiger partial charge in [0, 0.05) is 30.8 Å². The molecule has 2 aromatic rings. The van der Waals surface area contributed by atoms with Crippen molar-refractivity contribution in [2.24, 2.45) is 0 Å². The number of pyridine rings is 1. The summed E-state index contributed by atoms with van der Waals surface area (Å²) >= 11 is 0. The van der Waals surface area contributed by atoms with Crippen LogP contribution < -0.4 is 5.32 Å². The molecule has 96 valence electrons. The van der Waals surface area contributed by atoms with E-state index in [1.807, 2.05) is 13.0 Å². The maximum absolute atomic E-state index is 5.13. The van der Waals surface area contributed by atoms with Crippen molar-refractivity contribution in [3.63, 3.8) is 0 Å². The van der Waals surface area contributed by atoms with E-state index in [-0.39, 0.29) is 0 Å². The number of hydrogen-bond donors (Lipinski definition) is 1. The van der Waals surface area contributed by atoms with Gasteiger partial charge in [0.05, 0.1) is 12.1 Å². The highest BCUT2D eigenvalue weighted by Crippen LogP contribution is 2.18. The van der Waals surface area contributed by atoms with E-state index in [4.69, 9.17) is 4.74 Å². The molecule has 0 bridgehead atoms. The van der Waals surface area contributed by atoms with Crippen LogP contribution in [0.1, 0.15) is 18.2 Å². The van der Waals surface area contributed by atoms with Crippen molar-refractivity contribution in [1.82, 2.24) is 10.3 Å². The second kappa shape index (κ2) is 5.94. The van der Waals surface area contributed by atoms with E-state index in [1.165, 1.54) is 10.9 Å². The lowest BCUT2D eigenvalue weighted by Crippen LogP contribution is -2.29. The molecular weight excluding hydrogens is 224 g/mol. The highest BCUT2D eigenvalue weighted by Gasteiger charge is 2.05. The highest BCUT2D eigenvalue weighted by atomic mass is 16.5. The van der Waals surface area contributed by atoms with Gasteiger partial charge in [0.1, 0.15) is 0 Å². The molecule has 1 heterocycles. The zero-order valence-electron chi connectivity index (χ0n) is 11.2. The number of ether oxygens (including phenoxy) is 1. The van der Waals surface area contributed by atoms with Gasteiger partial charge in [0.2, 0.25) is 0 Å². The Morgan fingerprint density at radius 1 is 1.33 bits per heavy atom. The molecule has 0 amide bonds. The number of aryl methyl sites for hydroxylation is 1. The lowest BCUT2D eigenvalue weighted by molar-refractivity contribution is 0.172. The fourth-order valence-electron chi connectivity index (χ4n) is 2.13. The highest BCUT2D eigenvalue weighted by molar-refractivity contribution is 5.82. The molecular formula is C15H20N2O. The zero-order valence-corrected chi connectivity index (χ0v) is 11.2. The van der Waals surface area contributed by atoms with Crippen molar-refractivity contribution >= 4 is 10.9 Å². The van der Waals surface area contributed by atoms with Gasteiger partial charge in [-0.25, -0.2) is 0 Å². The molecule has 3 heteroatoms. The second-order valence-electron chi connectivity index (χ2n) is 4.68. The van der Waals surface area contributed by atoms with Crippen molar-refractivity contribution < 1.29 is 4.74 Å². The van der Waals surface area contributed by atoms with Crippen molar-refractivity contribution in [1.29, 1.82) is 0 Å². The molecule has 0 spiro atoms. The van der Waals surface area contributed by atoms with Crippen molar-refractivity contribution in [2.45, 2.75) is 26.4 Å². The molecule has 3 nitrogen and oxygen atoms in total. The van der Waals surface area contributed by atoms with Gasteiger partial charge >= 0.3 is 0 Å². The van der Waals surface area contributed by atoms with Crippen LogP contribution in [0.3, 0.4) is 0 Å². The van der Waals surface area contributed by atoms with Crippen LogP contribution >= 0.6 is 0 Å². The van der Waals surface area contributed by atoms with E-state index in [2.05, 4.69) is 41.5 Å². The molecule has 0 saturated carbocycles. The average molecular weight is 244 g/mol. The van der Waals surface area contributed by atoms with Crippen molar-refractivity contribution in [3.05, 3.63) is 41.6 Å². The summed E-state index contributed by atoms with van der Waals surface area (Å²) in [6, 6.07) is 10.8. The first kappa shape index (κ1) is 13.0. The molecule has 0 aliphatic carbocycles. The quantitative estimate of drug-likeness (QED) is 0.878. The Kier molecular flexibility index (Phi) is 4.28. The monoisotopic (exact) mass is 244 g/mol. The fourth-order valence-corrected chi connectivity index (χ4v) is 2.13. The minimum atomic E-state index is 0.349. The number of nitrogens with zero attached hydrogens (tertiary/aromatic N) is 1. The molecule has 0 aliphatic rings. The molecule has 2 rings (SSSR count). The summed E-state index contributed by atoms with van der Waals surface area (Å²) in [7, 11) is 1.73. The first-order valence-electron chi connectivity index (χ1n) is 6.28. The standard InChI is InChI=1S/C15H20N2O/c1-11-8-13(9-16-12(2)10-18-3)14-6-4-5-7-15(14)17-11/h4-8,12,16H,9-10H2,1-3H3. The largest absolute Gasteiger partial charge is 0.383 e. The lowest BCUT2D eigenvalue weighted by Gasteiger charge is -2.14. The van der Waals surface area contributed by atoms with Crippen LogP contribution in [-0.2, 0) is 11.3 Å². The summed E-state index contributed by atoms with van der Waals surface area (Å²) in [5.74, 6) is 0. The first-order chi connectivity index (χ1) is 8.70. The van der Waals surface area contributed by atoms with E-state index < -0.39 is 0 Å². The van der Waals surface area contributed by atoms with Gasteiger partial charge in [-0.15, -0.1) is 0 Å². The Bertz CT molecular complexity index is 525. The van der Waals surface area contributed by atoms with Crippen molar-refractivity contribution in [3.8, 4) is 0 Å². The van der Waals surface area contributed by atoms with Crippen LogP contribution in [0.25, 0.3) is 10.9 Å². The summed E-state index contributed by atoms with van der Waals surface area (Å²) in [4.78, 5) is 4.55. The molecule has 1 aromatic carbocycles. The number of methoxy groups -OCH3 is 1. The topological polar surface area (TPSA) is 34.1 Å². The molecule has 1 aromatic heterocycles. The smallest absolute Gasteiger partial charge is 0.0708 e. The van der Waals surface area contributed by atoms with Gasteiger partial charge in [-0.05, 0) is 31.5 Å². The molecule has 1 atom stereocenters. The summed E-state index contributed by atoms with van der Waals surface area (Å²) < 4.78 is 5.13. The number of hydrogen-bond acceptors (Lipinski definition) is 3. The van der Waals surface area contributed by atoms with Crippen LogP contribution in [-0.4, -0.2) is 24.7 Å². The molecule has 0 radical (unpaired) electrons. The van der Waals surface area contributed by atoms with Gasteiger partial charge in [-0.1, -0.05) is 18.2 Å². The van der Waals surface area contributed by atoms with Gasteiger partial charge in [-0.2, -0.15) is 0 Å². The number of benzene rings is 1. The number of nitrogens with one attached hydrogen (secondary N) is 1. The zero-order chi connectivity index (χ0) is 13.0. The summed E-state index contributed by atoms with van der Waals surface area (Å²) in [6.45, 7) is 5.73. The Morgan fingerprint density at radius 3 is 2.89 bits per heavy atom. The molecule has 0 fully saturated rings. The second-order valence-corrected chi connectivity index (χ2v) is 4.68. The van der Waals surface area contributed by atoms with Gasteiger partial charge < -0.3 is 10.1 Å². The van der Waals surface area contributed by atoms with Gasteiger partial charge in [-0.3, -0.25) is 4.98 Å². The normalized spacial score (nSPS) is 12.8. The molecule has 1 N–H and O–H groups in total. The van der Waals surface area contributed by atoms with Crippen LogP contribution in [0, 0.1) is 6.92 Å². The number of para-hydroxylation sites is 1. The fraction of sp³-hybridized carbons (Fsp3) is 0.400. The van der Waals surface area contributed by atoms with Crippen LogP contribution in [0.15, 0.2) is 30.3 Å². The molecule has 18 heavy (non-hydrogen) atoms. The minimum absolute atomic E-state index is 0.349. The summed E-state index contributed by atoms with van der Waals surface area (Å²) in [5, 5.41) is 4.69. The SMILES string of the molecule is COCC(C)NCc1cc(C)nc2ccccc12. The van der Waals surface area contributed by atoms with Crippen LogP contribution in [0.5, 0.6) is 0 Å². The van der Waals surface area contributed by atoms with E-state index in [0.717, 1.165) is 24.4 Å². The van der Waals surface area contributed by atoms with Gasteiger partial charge in [0.25, 0.3) is 0 Å². The third-order valence-electron chi connectivity index (χ3n) is 2.99. The minimum Gasteiger partial charge on any atom is -0.383 e. The Labute approximate surface area is 108 Å². The third-order valence-corrected chi connectivity index (χ3v) is 2.99. The number of rotatable bonds is 5. The van der Waals surface area contributed by atoms with E-state index in [9.17, 15) is 0 Å².